The standard InChI is InChI=1S/C14H11IO3/c1-17-14(16)10-7-8-13(12(15)9-10)18-11-5-3-2-4-6-11/h2-9H,1H3. The second-order valence-electron chi connectivity index (χ2n) is 3.55. The fourth-order valence-electron chi connectivity index (χ4n) is 1.44. The molecule has 0 heterocycles. The highest BCUT2D eigenvalue weighted by Gasteiger charge is 2.09. The van der Waals surface area contributed by atoms with E-state index in [1.54, 1.807) is 18.2 Å². The number of para-hydroxylation sites is 1. The number of carbonyl (C=O) groups excluding carboxylic acids is 1. The number of carbonyl (C=O) groups is 1. The average Bonchev–Trinajstić information content (AvgIpc) is 2.41. The van der Waals surface area contributed by atoms with Crippen LogP contribution in [0.1, 0.15) is 10.4 Å². The molecule has 0 saturated carbocycles. The van der Waals surface area contributed by atoms with Crippen LogP contribution in [0.2, 0.25) is 0 Å². The Bertz CT molecular complexity index is 552. The molecule has 18 heavy (non-hydrogen) atoms. The van der Waals surface area contributed by atoms with E-state index >= 15 is 0 Å². The summed E-state index contributed by atoms with van der Waals surface area (Å²) in [7, 11) is 1.36. The quantitative estimate of drug-likeness (QED) is 0.620. The summed E-state index contributed by atoms with van der Waals surface area (Å²) in [5.74, 6) is 1.13. The summed E-state index contributed by atoms with van der Waals surface area (Å²) in [5.41, 5.74) is 0.516. The first-order chi connectivity index (χ1) is 8.70. The normalized spacial score (nSPS) is 9.89. The van der Waals surface area contributed by atoms with Gasteiger partial charge in [-0.05, 0) is 52.9 Å². The molecule has 0 unspecified atom stereocenters. The van der Waals surface area contributed by atoms with Gasteiger partial charge < -0.3 is 9.47 Å². The van der Waals surface area contributed by atoms with Crippen LogP contribution >= 0.6 is 22.6 Å². The Kier molecular flexibility index (Phi) is 4.19. The molecule has 0 N–H and O–H groups in total. The highest BCUT2D eigenvalue weighted by atomic mass is 127. The minimum atomic E-state index is -0.348. The molecule has 0 saturated heterocycles. The fourth-order valence-corrected chi connectivity index (χ4v) is 2.07. The summed E-state index contributed by atoms with van der Waals surface area (Å²) in [5, 5.41) is 0. The van der Waals surface area contributed by atoms with Crippen LogP contribution in [-0.4, -0.2) is 13.1 Å². The Morgan fingerprint density at radius 3 is 2.44 bits per heavy atom. The first-order valence-corrected chi connectivity index (χ1v) is 6.39. The van der Waals surface area contributed by atoms with E-state index in [0.717, 1.165) is 15.1 Å². The van der Waals surface area contributed by atoms with Crippen molar-refractivity contribution in [2.24, 2.45) is 0 Å². The van der Waals surface area contributed by atoms with E-state index in [2.05, 4.69) is 27.3 Å². The maximum Gasteiger partial charge on any atom is 0.337 e. The predicted molar refractivity (Wildman–Crippen MR) is 77.0 cm³/mol. The first-order valence-electron chi connectivity index (χ1n) is 5.31. The van der Waals surface area contributed by atoms with Crippen LogP contribution in [0.15, 0.2) is 48.5 Å². The van der Waals surface area contributed by atoms with Crippen molar-refractivity contribution in [3.05, 3.63) is 57.7 Å². The molecule has 0 atom stereocenters. The zero-order valence-corrected chi connectivity index (χ0v) is 11.9. The van der Waals surface area contributed by atoms with Gasteiger partial charge in [0.2, 0.25) is 0 Å². The third kappa shape index (κ3) is 3.01. The molecule has 3 nitrogen and oxygen atoms in total. The third-order valence-electron chi connectivity index (χ3n) is 2.32. The van der Waals surface area contributed by atoms with E-state index in [1.807, 2.05) is 30.3 Å². The summed E-state index contributed by atoms with van der Waals surface area (Å²) >= 11 is 2.13. The molecule has 92 valence electrons. The number of halogens is 1. The SMILES string of the molecule is COC(=O)c1ccc(Oc2ccccc2)c(I)c1. The van der Waals surface area contributed by atoms with Crippen molar-refractivity contribution in [1.82, 2.24) is 0 Å². The zero-order valence-electron chi connectivity index (χ0n) is 9.72. The molecule has 2 rings (SSSR count). The molecule has 0 aliphatic heterocycles. The van der Waals surface area contributed by atoms with Crippen molar-refractivity contribution in [1.29, 1.82) is 0 Å². The predicted octanol–water partition coefficient (Wildman–Crippen LogP) is 3.87. The van der Waals surface area contributed by atoms with Crippen LogP contribution in [0.4, 0.5) is 0 Å². The van der Waals surface area contributed by atoms with E-state index in [0.29, 0.717) is 5.56 Å². The highest BCUT2D eigenvalue weighted by molar-refractivity contribution is 14.1. The lowest BCUT2D eigenvalue weighted by molar-refractivity contribution is 0.0600. The van der Waals surface area contributed by atoms with Gasteiger partial charge in [0, 0.05) is 0 Å². The molecule has 2 aromatic rings. The summed E-state index contributed by atoms with van der Waals surface area (Å²) in [6.07, 6.45) is 0. The lowest BCUT2D eigenvalue weighted by atomic mass is 10.2. The molecule has 0 aliphatic carbocycles. The molecule has 2 aromatic carbocycles. The zero-order chi connectivity index (χ0) is 13.0. The van der Waals surface area contributed by atoms with Gasteiger partial charge in [0.1, 0.15) is 11.5 Å². The average molecular weight is 354 g/mol. The maximum absolute atomic E-state index is 11.4. The van der Waals surface area contributed by atoms with E-state index in [4.69, 9.17) is 4.74 Å². The lowest BCUT2D eigenvalue weighted by Gasteiger charge is -2.08. The van der Waals surface area contributed by atoms with E-state index in [9.17, 15) is 4.79 Å². The number of hydrogen-bond donors (Lipinski definition) is 0. The summed E-state index contributed by atoms with van der Waals surface area (Å²) in [6, 6.07) is 14.7. The van der Waals surface area contributed by atoms with Gasteiger partial charge >= 0.3 is 5.97 Å². The Labute approximate surface area is 119 Å². The van der Waals surface area contributed by atoms with Gasteiger partial charge in [-0.1, -0.05) is 18.2 Å². The summed E-state index contributed by atoms with van der Waals surface area (Å²) < 4.78 is 11.2. The van der Waals surface area contributed by atoms with Crippen LogP contribution in [0.25, 0.3) is 0 Å². The molecule has 4 heteroatoms. The van der Waals surface area contributed by atoms with Crippen LogP contribution < -0.4 is 4.74 Å². The molecule has 0 aliphatic rings. The number of methoxy groups -OCH3 is 1. The second-order valence-corrected chi connectivity index (χ2v) is 4.71. The van der Waals surface area contributed by atoms with Gasteiger partial charge in [0.05, 0.1) is 16.2 Å². The van der Waals surface area contributed by atoms with Crippen LogP contribution in [0.3, 0.4) is 0 Å². The van der Waals surface area contributed by atoms with Crippen molar-refractivity contribution in [2.45, 2.75) is 0 Å². The smallest absolute Gasteiger partial charge is 0.337 e. The molecule has 0 aromatic heterocycles. The largest absolute Gasteiger partial charge is 0.465 e. The summed E-state index contributed by atoms with van der Waals surface area (Å²) in [4.78, 5) is 11.4. The van der Waals surface area contributed by atoms with Gasteiger partial charge in [-0.3, -0.25) is 0 Å². The molecular weight excluding hydrogens is 343 g/mol. The number of ether oxygens (including phenoxy) is 2. The van der Waals surface area contributed by atoms with Gasteiger partial charge in [-0.2, -0.15) is 0 Å². The van der Waals surface area contributed by atoms with Crippen molar-refractivity contribution in [3.63, 3.8) is 0 Å². The summed E-state index contributed by atoms with van der Waals surface area (Å²) in [6.45, 7) is 0. The molecule has 0 radical (unpaired) electrons. The van der Waals surface area contributed by atoms with Crippen molar-refractivity contribution in [3.8, 4) is 11.5 Å². The van der Waals surface area contributed by atoms with Gasteiger partial charge in [0.15, 0.2) is 0 Å². The fraction of sp³-hybridized carbons (Fsp3) is 0.0714. The monoisotopic (exact) mass is 354 g/mol. The molecule has 0 amide bonds. The topological polar surface area (TPSA) is 35.5 Å². The minimum Gasteiger partial charge on any atom is -0.465 e. The Morgan fingerprint density at radius 2 is 1.83 bits per heavy atom. The Balaban J connectivity index is 2.23. The van der Waals surface area contributed by atoms with E-state index < -0.39 is 0 Å². The first kappa shape index (κ1) is 12.9. The highest BCUT2D eigenvalue weighted by Crippen LogP contribution is 2.27. The second kappa shape index (κ2) is 5.86. The van der Waals surface area contributed by atoms with Crippen molar-refractivity contribution in [2.75, 3.05) is 7.11 Å². The van der Waals surface area contributed by atoms with Gasteiger partial charge in [-0.25, -0.2) is 4.79 Å². The molecule has 0 spiro atoms. The van der Waals surface area contributed by atoms with Crippen LogP contribution in [0, 0.1) is 3.57 Å². The molecule has 0 bridgehead atoms. The van der Waals surface area contributed by atoms with Crippen molar-refractivity contribution < 1.29 is 14.3 Å². The van der Waals surface area contributed by atoms with E-state index in [1.165, 1.54) is 7.11 Å². The minimum absolute atomic E-state index is 0.348. The van der Waals surface area contributed by atoms with Crippen LogP contribution in [-0.2, 0) is 4.74 Å². The number of esters is 1. The Hall–Kier alpha value is -1.56. The third-order valence-corrected chi connectivity index (χ3v) is 3.17. The van der Waals surface area contributed by atoms with Crippen LogP contribution in [0.5, 0.6) is 11.5 Å². The molecule has 0 fully saturated rings. The Morgan fingerprint density at radius 1 is 1.11 bits per heavy atom. The number of rotatable bonds is 3. The number of hydrogen-bond acceptors (Lipinski definition) is 3. The van der Waals surface area contributed by atoms with Crippen molar-refractivity contribution >= 4 is 28.6 Å². The maximum atomic E-state index is 11.4. The van der Waals surface area contributed by atoms with Gasteiger partial charge in [-0.15, -0.1) is 0 Å². The molecular formula is C14H11IO3. The van der Waals surface area contributed by atoms with E-state index in [-0.39, 0.29) is 5.97 Å². The lowest BCUT2D eigenvalue weighted by Crippen LogP contribution is -2.01. The van der Waals surface area contributed by atoms with Gasteiger partial charge in [0.25, 0.3) is 0 Å². The number of benzene rings is 2.